The second kappa shape index (κ2) is 20.0. The number of hydrogen-bond acceptors (Lipinski definition) is 14. The Hall–Kier alpha value is -4.35. The van der Waals surface area contributed by atoms with E-state index in [0.29, 0.717) is 28.2 Å². The highest BCUT2D eigenvalue weighted by molar-refractivity contribution is 7.98. The number of nitro benzene ring substituents is 1. The van der Waals surface area contributed by atoms with E-state index in [9.17, 15) is 34.4 Å². The number of nitrogens with zero attached hydrogens (tertiary/aromatic N) is 1. The SMILES string of the molecule is CCOC(=O)O[C@@H](CO)CCC(=O)N[C@@H](CSCc1c(O[Si](C)(C)C(C)(C)C)cc(OC)c(C)c1C(=O)OCc1ccc([N+](=O)[O-])cc1)C(=O)OC. The summed E-state index contributed by atoms with van der Waals surface area (Å²) in [5.41, 5.74) is 1.65. The number of ether oxygens (including phenoxy) is 5. The molecule has 288 valence electrons. The third-order valence-corrected chi connectivity index (χ3v) is 13.9. The van der Waals surface area contributed by atoms with Crippen LogP contribution in [0.15, 0.2) is 30.3 Å². The normalized spacial score (nSPS) is 12.6. The number of non-ortho nitro benzene ring substituents is 1. The number of benzene rings is 2. The summed E-state index contributed by atoms with van der Waals surface area (Å²) in [7, 11) is 0.196. The van der Waals surface area contributed by atoms with E-state index in [2.05, 4.69) is 39.2 Å². The van der Waals surface area contributed by atoms with Crippen LogP contribution < -0.4 is 14.5 Å². The third kappa shape index (κ3) is 12.7. The molecule has 0 saturated heterocycles. The Morgan fingerprint density at radius 3 is 2.25 bits per heavy atom. The van der Waals surface area contributed by atoms with Crippen molar-refractivity contribution in [1.29, 1.82) is 0 Å². The first-order valence-corrected chi connectivity index (χ1v) is 20.6. The number of rotatable bonds is 19. The number of thioether (sulfide) groups is 1. The first-order valence-electron chi connectivity index (χ1n) is 16.6. The maximum absolute atomic E-state index is 13.8. The Balaban J connectivity index is 2.39. The Morgan fingerprint density at radius 2 is 1.71 bits per heavy atom. The van der Waals surface area contributed by atoms with Gasteiger partial charge in [-0.1, -0.05) is 20.8 Å². The minimum absolute atomic E-state index is 0.0210. The number of amides is 1. The molecule has 0 saturated carbocycles. The molecule has 0 unspecified atom stereocenters. The molecule has 0 aliphatic rings. The maximum Gasteiger partial charge on any atom is 0.508 e. The predicted molar refractivity (Wildman–Crippen MR) is 196 cm³/mol. The van der Waals surface area contributed by atoms with Gasteiger partial charge in [0.15, 0.2) is 0 Å². The zero-order valence-electron chi connectivity index (χ0n) is 31.2. The van der Waals surface area contributed by atoms with E-state index in [1.165, 1.54) is 50.2 Å². The molecule has 2 aromatic carbocycles. The first-order chi connectivity index (χ1) is 24.4. The predicted octanol–water partition coefficient (Wildman–Crippen LogP) is 5.86. The second-order valence-corrected chi connectivity index (χ2v) is 19.0. The van der Waals surface area contributed by atoms with Crippen molar-refractivity contribution in [2.75, 3.05) is 33.2 Å². The van der Waals surface area contributed by atoms with Crippen LogP contribution in [0.1, 0.15) is 67.6 Å². The summed E-state index contributed by atoms with van der Waals surface area (Å²) < 4.78 is 32.7. The van der Waals surface area contributed by atoms with Gasteiger partial charge in [0.2, 0.25) is 14.2 Å². The fourth-order valence-corrected chi connectivity index (χ4v) is 6.60. The lowest BCUT2D eigenvalue weighted by atomic mass is 10.0. The van der Waals surface area contributed by atoms with E-state index in [1.807, 2.05) is 0 Å². The van der Waals surface area contributed by atoms with Crippen LogP contribution in [0.3, 0.4) is 0 Å². The smallest absolute Gasteiger partial charge is 0.508 e. The molecule has 2 rings (SSSR count). The van der Waals surface area contributed by atoms with Crippen LogP contribution in [-0.2, 0) is 40.9 Å². The molecule has 15 nitrogen and oxygen atoms in total. The number of carbonyl (C=O) groups excluding carboxylic acids is 4. The highest BCUT2D eigenvalue weighted by Gasteiger charge is 2.40. The average Bonchev–Trinajstić information content (AvgIpc) is 3.08. The van der Waals surface area contributed by atoms with E-state index in [-0.39, 0.29) is 53.9 Å². The molecule has 17 heteroatoms. The molecule has 0 aliphatic carbocycles. The van der Waals surface area contributed by atoms with Crippen LogP contribution >= 0.6 is 11.8 Å². The molecule has 2 aromatic rings. The summed E-state index contributed by atoms with van der Waals surface area (Å²) in [5, 5.41) is 23.0. The van der Waals surface area contributed by atoms with Crippen molar-refractivity contribution in [2.45, 2.75) is 90.1 Å². The Kier molecular flexibility index (Phi) is 16.9. The molecular weight excluding hydrogens is 717 g/mol. The molecule has 0 heterocycles. The lowest BCUT2D eigenvalue weighted by molar-refractivity contribution is -0.384. The Labute approximate surface area is 309 Å². The highest BCUT2D eigenvalue weighted by atomic mass is 32.2. The van der Waals surface area contributed by atoms with E-state index < -0.39 is 56.0 Å². The van der Waals surface area contributed by atoms with Crippen molar-refractivity contribution in [3.8, 4) is 11.5 Å². The minimum Gasteiger partial charge on any atom is -0.543 e. The average molecular weight is 767 g/mol. The van der Waals surface area contributed by atoms with E-state index in [0.717, 1.165) is 0 Å². The van der Waals surface area contributed by atoms with Crippen molar-refractivity contribution < 1.29 is 57.3 Å². The number of aliphatic hydroxyl groups excluding tert-OH is 1. The number of esters is 2. The van der Waals surface area contributed by atoms with Gasteiger partial charge >= 0.3 is 18.1 Å². The largest absolute Gasteiger partial charge is 0.543 e. The van der Waals surface area contributed by atoms with Gasteiger partial charge in [0.05, 0.1) is 37.9 Å². The molecule has 52 heavy (non-hydrogen) atoms. The molecule has 0 aromatic heterocycles. The monoisotopic (exact) mass is 766 g/mol. The summed E-state index contributed by atoms with van der Waals surface area (Å²) >= 11 is 1.24. The number of methoxy groups -OCH3 is 2. The van der Waals surface area contributed by atoms with E-state index in [1.54, 1.807) is 19.9 Å². The number of nitro groups is 1. The van der Waals surface area contributed by atoms with Crippen molar-refractivity contribution in [3.63, 3.8) is 0 Å². The molecule has 0 fully saturated rings. The van der Waals surface area contributed by atoms with Gasteiger partial charge in [-0.05, 0) is 56.1 Å². The van der Waals surface area contributed by atoms with Gasteiger partial charge in [-0.2, -0.15) is 11.8 Å². The van der Waals surface area contributed by atoms with Crippen LogP contribution in [0.4, 0.5) is 10.5 Å². The standard InChI is InChI=1S/C35H50N2O13SSi/c1-10-47-34(42)49-25(18-38)15-16-30(39)36-27(32(40)46-7)21-51-20-26-29(50-52(8,9)35(3,4)5)17-28(45-6)22(2)31(26)33(41)48-19-23-11-13-24(14-12-23)37(43)44/h11-14,17,25,27,38H,10,15-16,18-21H2,1-9H3,(H,36,39)/t25-,27+/m1/s1. The van der Waals surface area contributed by atoms with Crippen LogP contribution in [0.25, 0.3) is 0 Å². The van der Waals surface area contributed by atoms with Crippen molar-refractivity contribution in [1.82, 2.24) is 5.32 Å². The minimum atomic E-state index is -2.48. The maximum atomic E-state index is 13.8. The van der Waals surface area contributed by atoms with Crippen molar-refractivity contribution in [2.24, 2.45) is 0 Å². The second-order valence-electron chi connectivity index (χ2n) is 13.2. The fourth-order valence-electron chi connectivity index (χ4n) is 4.50. The Morgan fingerprint density at radius 1 is 1.06 bits per heavy atom. The lowest BCUT2D eigenvalue weighted by Gasteiger charge is -2.37. The van der Waals surface area contributed by atoms with Gasteiger partial charge in [-0.25, -0.2) is 14.4 Å². The van der Waals surface area contributed by atoms with Crippen LogP contribution in [0, 0.1) is 17.0 Å². The molecular formula is C35H50N2O13SSi. The van der Waals surface area contributed by atoms with Gasteiger partial charge in [0.1, 0.15) is 30.3 Å². The van der Waals surface area contributed by atoms with Gasteiger partial charge < -0.3 is 38.5 Å². The van der Waals surface area contributed by atoms with Crippen LogP contribution in [-0.4, -0.2) is 87.7 Å². The Bertz CT molecular complexity index is 1560. The van der Waals surface area contributed by atoms with Crippen LogP contribution in [0.5, 0.6) is 11.5 Å². The lowest BCUT2D eigenvalue weighted by Crippen LogP contribution is -2.44. The van der Waals surface area contributed by atoms with Gasteiger partial charge in [0.25, 0.3) is 5.69 Å². The first kappa shape index (κ1) is 43.8. The molecule has 0 bridgehead atoms. The summed E-state index contributed by atoms with van der Waals surface area (Å²) in [5.74, 6) is -0.903. The number of hydrogen-bond donors (Lipinski definition) is 2. The summed E-state index contributed by atoms with van der Waals surface area (Å²) in [6, 6.07) is 6.31. The number of aliphatic hydroxyl groups is 1. The summed E-state index contributed by atoms with van der Waals surface area (Å²) in [4.78, 5) is 61.6. The fraction of sp³-hybridized carbons (Fsp3) is 0.543. The molecule has 2 atom stereocenters. The van der Waals surface area contributed by atoms with Gasteiger partial charge in [-0.3, -0.25) is 14.9 Å². The zero-order chi connectivity index (χ0) is 39.2. The topological polar surface area (TPSA) is 199 Å². The molecule has 0 aliphatic heterocycles. The zero-order valence-corrected chi connectivity index (χ0v) is 33.0. The van der Waals surface area contributed by atoms with Crippen LogP contribution in [0.2, 0.25) is 18.1 Å². The van der Waals surface area contributed by atoms with Crippen molar-refractivity contribution >= 4 is 49.8 Å². The quantitative estimate of drug-likeness (QED) is 0.0567. The van der Waals surface area contributed by atoms with E-state index >= 15 is 0 Å². The van der Waals surface area contributed by atoms with E-state index in [4.69, 9.17) is 28.1 Å². The summed E-state index contributed by atoms with van der Waals surface area (Å²) in [6.45, 7) is 13.1. The van der Waals surface area contributed by atoms with Gasteiger partial charge in [0, 0.05) is 47.3 Å². The number of nitrogens with one attached hydrogen (secondary N) is 1. The highest BCUT2D eigenvalue weighted by Crippen LogP contribution is 2.42. The molecule has 1 amide bonds. The van der Waals surface area contributed by atoms with Gasteiger partial charge in [-0.15, -0.1) is 0 Å². The molecule has 0 spiro atoms. The molecule has 0 radical (unpaired) electrons. The molecule has 2 N–H and O–H groups in total. The number of carbonyl (C=O) groups is 4. The summed E-state index contributed by atoms with van der Waals surface area (Å²) in [6.07, 6.45) is -2.14. The third-order valence-electron chi connectivity index (χ3n) is 8.49. The van der Waals surface area contributed by atoms with Crippen molar-refractivity contribution in [3.05, 3.63) is 62.7 Å².